The summed E-state index contributed by atoms with van der Waals surface area (Å²) in [6.07, 6.45) is 10.3. The summed E-state index contributed by atoms with van der Waals surface area (Å²) in [6, 6.07) is 10.1. The summed E-state index contributed by atoms with van der Waals surface area (Å²) >= 11 is 0. The summed E-state index contributed by atoms with van der Waals surface area (Å²) < 4.78 is 38.6. The first kappa shape index (κ1) is 20.6. The Morgan fingerprint density at radius 2 is 1.13 bits per heavy atom. The summed E-state index contributed by atoms with van der Waals surface area (Å²) in [4.78, 5) is 0. The van der Waals surface area contributed by atoms with Crippen LogP contribution in [0, 0.1) is 0 Å². The molecule has 0 amide bonds. The molecule has 0 aromatic heterocycles. The van der Waals surface area contributed by atoms with Gasteiger partial charge in [-0.3, -0.25) is 0 Å². The van der Waals surface area contributed by atoms with Crippen molar-refractivity contribution < 1.29 is 28.3 Å². The Balaban J connectivity index is 1.22. The molecule has 2 saturated carbocycles. The average molecular weight is 428 g/mol. The lowest BCUT2D eigenvalue weighted by Crippen LogP contribution is -2.46. The first-order chi connectivity index (χ1) is 15.2. The van der Waals surface area contributed by atoms with Gasteiger partial charge in [0.1, 0.15) is 12.2 Å². The van der Waals surface area contributed by atoms with Crippen molar-refractivity contribution in [2.24, 2.45) is 0 Å². The van der Waals surface area contributed by atoms with Crippen LogP contribution < -0.4 is 5.46 Å². The third kappa shape index (κ3) is 3.98. The zero-order valence-electron chi connectivity index (χ0n) is 18.2. The molecule has 1 aromatic rings. The predicted molar refractivity (Wildman–Crippen MR) is 115 cm³/mol. The van der Waals surface area contributed by atoms with Crippen LogP contribution >= 0.6 is 0 Å². The van der Waals surface area contributed by atoms with E-state index in [9.17, 15) is 0 Å². The molecule has 3 saturated heterocycles. The van der Waals surface area contributed by atoms with Gasteiger partial charge >= 0.3 is 7.12 Å². The van der Waals surface area contributed by atoms with Gasteiger partial charge in [-0.1, -0.05) is 43.2 Å². The van der Waals surface area contributed by atoms with Crippen molar-refractivity contribution >= 4 is 12.6 Å². The van der Waals surface area contributed by atoms with E-state index in [-0.39, 0.29) is 24.4 Å². The Morgan fingerprint density at radius 1 is 0.645 bits per heavy atom. The highest BCUT2D eigenvalue weighted by molar-refractivity contribution is 6.61. The van der Waals surface area contributed by atoms with E-state index in [1.165, 1.54) is 12.8 Å². The highest BCUT2D eigenvalue weighted by atomic mass is 16.8. The fourth-order valence-corrected chi connectivity index (χ4v) is 6.02. The number of benzene rings is 1. The van der Waals surface area contributed by atoms with Crippen molar-refractivity contribution in [3.05, 3.63) is 30.3 Å². The molecule has 168 valence electrons. The average Bonchev–Trinajstić information content (AvgIpc) is 3.53. The maximum atomic E-state index is 6.56. The van der Waals surface area contributed by atoms with E-state index in [0.717, 1.165) is 56.8 Å². The highest BCUT2D eigenvalue weighted by Gasteiger charge is 2.56. The van der Waals surface area contributed by atoms with Crippen LogP contribution in [0.5, 0.6) is 0 Å². The van der Waals surface area contributed by atoms with Gasteiger partial charge in [0.2, 0.25) is 0 Å². The Bertz CT molecular complexity index is 704. The molecule has 2 unspecified atom stereocenters. The quantitative estimate of drug-likeness (QED) is 0.689. The molecule has 5 aliphatic rings. The monoisotopic (exact) mass is 428 g/mol. The minimum atomic E-state index is -0.431. The van der Waals surface area contributed by atoms with Gasteiger partial charge in [0.05, 0.1) is 25.4 Å². The van der Waals surface area contributed by atoms with Gasteiger partial charge in [-0.05, 0) is 31.1 Å². The molecule has 0 radical (unpaired) electrons. The van der Waals surface area contributed by atoms with Gasteiger partial charge < -0.3 is 28.3 Å². The van der Waals surface area contributed by atoms with Crippen LogP contribution in [0.4, 0.5) is 0 Å². The van der Waals surface area contributed by atoms with Crippen LogP contribution in [0.2, 0.25) is 0 Å². The number of ether oxygens (including phenoxy) is 4. The van der Waals surface area contributed by atoms with Crippen LogP contribution in [-0.4, -0.2) is 56.3 Å². The predicted octanol–water partition coefficient (Wildman–Crippen LogP) is 3.32. The van der Waals surface area contributed by atoms with Crippen molar-refractivity contribution in [3.8, 4) is 0 Å². The second-order valence-electron chi connectivity index (χ2n) is 9.82. The Morgan fingerprint density at radius 3 is 1.61 bits per heavy atom. The minimum absolute atomic E-state index is 0.150. The molecule has 7 heteroatoms. The third-order valence-electron chi connectivity index (χ3n) is 7.67. The molecule has 6 nitrogen and oxygen atoms in total. The fraction of sp³-hybridized carbons (Fsp3) is 0.750. The first-order valence-electron chi connectivity index (χ1n) is 12.2. The molecule has 3 aliphatic heterocycles. The minimum Gasteiger partial charge on any atom is -0.399 e. The van der Waals surface area contributed by atoms with Gasteiger partial charge in [-0.25, -0.2) is 0 Å². The van der Waals surface area contributed by atoms with Gasteiger partial charge in [-0.15, -0.1) is 0 Å². The Labute approximate surface area is 185 Å². The van der Waals surface area contributed by atoms with Crippen LogP contribution in [0.15, 0.2) is 30.3 Å². The van der Waals surface area contributed by atoms with Crippen molar-refractivity contribution in [1.82, 2.24) is 0 Å². The van der Waals surface area contributed by atoms with Crippen LogP contribution in [0.25, 0.3) is 0 Å². The lowest BCUT2D eigenvalue weighted by atomic mass is 9.79. The van der Waals surface area contributed by atoms with E-state index in [1.807, 2.05) is 30.3 Å². The SMILES string of the molecule is c1ccc(B2O[C@H](C3COC4(CCCCC4)O3)[C@@H](C3COC4(CCCCC4)O3)O2)cc1. The van der Waals surface area contributed by atoms with Crippen molar-refractivity contribution in [1.29, 1.82) is 0 Å². The van der Waals surface area contributed by atoms with Gasteiger partial charge in [0.15, 0.2) is 11.6 Å². The molecule has 3 heterocycles. The second kappa shape index (κ2) is 8.43. The molecular formula is C24H33BO6. The number of hydrogen-bond donors (Lipinski definition) is 0. The van der Waals surface area contributed by atoms with E-state index in [0.29, 0.717) is 13.2 Å². The summed E-state index contributed by atoms with van der Waals surface area (Å²) in [6.45, 7) is 1.09. The molecule has 0 bridgehead atoms. The van der Waals surface area contributed by atoms with Crippen molar-refractivity contribution in [2.75, 3.05) is 13.2 Å². The van der Waals surface area contributed by atoms with Crippen molar-refractivity contribution in [2.45, 2.75) is 100 Å². The van der Waals surface area contributed by atoms with E-state index in [2.05, 4.69) is 0 Å². The van der Waals surface area contributed by atoms with Gasteiger partial charge in [-0.2, -0.15) is 0 Å². The summed E-state index contributed by atoms with van der Waals surface area (Å²) in [7, 11) is -0.422. The van der Waals surface area contributed by atoms with E-state index in [4.69, 9.17) is 28.3 Å². The largest absolute Gasteiger partial charge is 0.494 e. The maximum Gasteiger partial charge on any atom is 0.494 e. The smallest absolute Gasteiger partial charge is 0.399 e. The topological polar surface area (TPSA) is 55.4 Å². The molecule has 2 spiro atoms. The standard InChI is InChI=1S/C24H33BO6/c1-4-10-18(11-5-1)25-30-21(19-16-26-23(28-19)12-6-2-7-13-23)22(31-25)20-17-27-24(29-20)14-8-3-9-15-24/h1,4-5,10-11,19-22H,2-3,6-9,12-17H2/t19?,20?,21-,22-/m1/s1. The van der Waals surface area contributed by atoms with Gasteiger partial charge in [0, 0.05) is 25.7 Å². The summed E-state index contributed by atoms with van der Waals surface area (Å²) in [5.74, 6) is -0.863. The molecule has 0 N–H and O–H groups in total. The maximum absolute atomic E-state index is 6.56. The Hall–Kier alpha value is -0.955. The lowest BCUT2D eigenvalue weighted by Gasteiger charge is -2.34. The van der Waals surface area contributed by atoms with Crippen LogP contribution in [-0.2, 0) is 28.3 Å². The number of rotatable bonds is 3. The summed E-state index contributed by atoms with van der Waals surface area (Å²) in [5.41, 5.74) is 1.02. The number of hydrogen-bond acceptors (Lipinski definition) is 6. The molecule has 4 atom stereocenters. The fourth-order valence-electron chi connectivity index (χ4n) is 6.02. The molecule has 1 aromatic carbocycles. The van der Waals surface area contributed by atoms with Crippen LogP contribution in [0.1, 0.15) is 64.2 Å². The lowest BCUT2D eigenvalue weighted by molar-refractivity contribution is -0.206. The summed E-state index contributed by atoms with van der Waals surface area (Å²) in [5, 5.41) is 0. The van der Waals surface area contributed by atoms with E-state index < -0.39 is 18.7 Å². The van der Waals surface area contributed by atoms with Crippen molar-refractivity contribution in [3.63, 3.8) is 0 Å². The molecular weight excluding hydrogens is 395 g/mol. The van der Waals surface area contributed by atoms with E-state index >= 15 is 0 Å². The highest BCUT2D eigenvalue weighted by Crippen LogP contribution is 2.43. The zero-order chi connectivity index (χ0) is 20.7. The molecule has 5 fully saturated rings. The molecule has 2 aliphatic carbocycles. The second-order valence-corrected chi connectivity index (χ2v) is 9.82. The molecule has 6 rings (SSSR count). The first-order valence-corrected chi connectivity index (χ1v) is 12.2. The third-order valence-corrected chi connectivity index (χ3v) is 7.67. The Kier molecular flexibility index (Phi) is 5.61. The normalized spacial score (nSPS) is 37.1. The van der Waals surface area contributed by atoms with E-state index in [1.54, 1.807) is 0 Å². The molecule has 31 heavy (non-hydrogen) atoms. The van der Waals surface area contributed by atoms with Gasteiger partial charge in [0.25, 0.3) is 0 Å². The van der Waals surface area contributed by atoms with Crippen LogP contribution in [0.3, 0.4) is 0 Å². The zero-order valence-corrected chi connectivity index (χ0v) is 18.2.